The number of rotatable bonds is 4. The van der Waals surface area contributed by atoms with E-state index in [0.29, 0.717) is 18.6 Å². The molecule has 0 aliphatic carbocycles. The van der Waals surface area contributed by atoms with E-state index in [1.54, 1.807) is 6.92 Å². The lowest BCUT2D eigenvalue weighted by Gasteiger charge is -2.40. The van der Waals surface area contributed by atoms with Crippen LogP contribution in [0.25, 0.3) is 0 Å². The van der Waals surface area contributed by atoms with Crippen LogP contribution in [0.3, 0.4) is 0 Å². The molecule has 1 rings (SSSR count). The lowest BCUT2D eigenvalue weighted by molar-refractivity contribution is -0.131. The fourth-order valence-corrected chi connectivity index (χ4v) is 2.49. The molecule has 1 aliphatic rings. The molecule has 1 unspecified atom stereocenters. The standard InChI is InChI=1S/C12H24N2O2/c1-10(2)14(7-8-15)12-5-4-6-13(9-12)11(3)16/h10,12,15H,4-9H2,1-3H3. The maximum atomic E-state index is 11.4. The minimum absolute atomic E-state index is 0.164. The monoisotopic (exact) mass is 228 g/mol. The van der Waals surface area contributed by atoms with E-state index < -0.39 is 0 Å². The van der Waals surface area contributed by atoms with Crippen LogP contribution in [0.2, 0.25) is 0 Å². The van der Waals surface area contributed by atoms with E-state index >= 15 is 0 Å². The van der Waals surface area contributed by atoms with E-state index in [1.165, 1.54) is 0 Å². The number of aliphatic hydroxyl groups excluding tert-OH is 1. The van der Waals surface area contributed by atoms with Gasteiger partial charge in [-0.15, -0.1) is 0 Å². The van der Waals surface area contributed by atoms with E-state index in [-0.39, 0.29) is 12.5 Å². The highest BCUT2D eigenvalue weighted by Gasteiger charge is 2.27. The summed E-state index contributed by atoms with van der Waals surface area (Å²) in [6.45, 7) is 8.51. The highest BCUT2D eigenvalue weighted by molar-refractivity contribution is 5.73. The number of amides is 1. The number of hydrogen-bond acceptors (Lipinski definition) is 3. The van der Waals surface area contributed by atoms with Crippen molar-refractivity contribution in [1.29, 1.82) is 0 Å². The molecule has 1 saturated heterocycles. The van der Waals surface area contributed by atoms with Crippen molar-refractivity contribution >= 4 is 5.91 Å². The summed E-state index contributed by atoms with van der Waals surface area (Å²) in [7, 11) is 0. The third-order valence-corrected chi connectivity index (χ3v) is 3.33. The molecule has 0 radical (unpaired) electrons. The molecule has 1 N–H and O–H groups in total. The molecule has 0 saturated carbocycles. The highest BCUT2D eigenvalue weighted by atomic mass is 16.3. The van der Waals surface area contributed by atoms with Crippen LogP contribution >= 0.6 is 0 Å². The van der Waals surface area contributed by atoms with Gasteiger partial charge in [0.05, 0.1) is 6.61 Å². The Morgan fingerprint density at radius 1 is 1.56 bits per heavy atom. The zero-order valence-electron chi connectivity index (χ0n) is 10.6. The Balaban J connectivity index is 2.59. The number of aliphatic hydroxyl groups is 1. The van der Waals surface area contributed by atoms with Crippen LogP contribution in [-0.4, -0.2) is 59.1 Å². The molecule has 16 heavy (non-hydrogen) atoms. The third-order valence-electron chi connectivity index (χ3n) is 3.33. The second kappa shape index (κ2) is 6.21. The van der Waals surface area contributed by atoms with Crippen molar-refractivity contribution in [1.82, 2.24) is 9.80 Å². The summed E-state index contributed by atoms with van der Waals surface area (Å²) in [4.78, 5) is 15.6. The maximum absolute atomic E-state index is 11.4. The van der Waals surface area contributed by atoms with E-state index in [4.69, 9.17) is 5.11 Å². The number of likely N-dealkylation sites (tertiary alicyclic amines) is 1. The van der Waals surface area contributed by atoms with Gasteiger partial charge in [-0.1, -0.05) is 0 Å². The Hall–Kier alpha value is -0.610. The number of nitrogens with zero attached hydrogens (tertiary/aromatic N) is 2. The van der Waals surface area contributed by atoms with Gasteiger partial charge >= 0.3 is 0 Å². The Morgan fingerprint density at radius 2 is 2.25 bits per heavy atom. The van der Waals surface area contributed by atoms with Gasteiger partial charge in [0.2, 0.25) is 5.91 Å². The van der Waals surface area contributed by atoms with Crippen molar-refractivity contribution in [2.75, 3.05) is 26.2 Å². The Kier molecular flexibility index (Phi) is 5.22. The third kappa shape index (κ3) is 3.46. The van der Waals surface area contributed by atoms with Crippen LogP contribution in [0.4, 0.5) is 0 Å². The molecule has 1 atom stereocenters. The quantitative estimate of drug-likeness (QED) is 0.770. The summed E-state index contributed by atoms with van der Waals surface area (Å²) in [5.41, 5.74) is 0. The number of hydrogen-bond donors (Lipinski definition) is 1. The molecule has 1 heterocycles. The SMILES string of the molecule is CC(=O)N1CCCC(N(CCO)C(C)C)C1. The molecule has 0 spiro atoms. The first-order valence-corrected chi connectivity index (χ1v) is 6.18. The van der Waals surface area contributed by atoms with Gasteiger partial charge in [-0.3, -0.25) is 9.69 Å². The van der Waals surface area contributed by atoms with Gasteiger partial charge in [-0.2, -0.15) is 0 Å². The largest absolute Gasteiger partial charge is 0.395 e. The fraction of sp³-hybridized carbons (Fsp3) is 0.917. The summed E-state index contributed by atoms with van der Waals surface area (Å²) in [6, 6.07) is 0.828. The second-order valence-corrected chi connectivity index (χ2v) is 4.82. The molecule has 0 aromatic rings. The molecule has 1 amide bonds. The zero-order valence-corrected chi connectivity index (χ0v) is 10.6. The molecule has 1 aliphatic heterocycles. The van der Waals surface area contributed by atoms with Crippen molar-refractivity contribution in [3.8, 4) is 0 Å². The summed E-state index contributed by atoms with van der Waals surface area (Å²) in [6.07, 6.45) is 2.20. The smallest absolute Gasteiger partial charge is 0.219 e. The molecule has 4 nitrogen and oxygen atoms in total. The van der Waals surface area contributed by atoms with Crippen LogP contribution in [0, 0.1) is 0 Å². The first-order valence-electron chi connectivity index (χ1n) is 6.18. The van der Waals surface area contributed by atoms with Crippen molar-refractivity contribution in [3.05, 3.63) is 0 Å². The summed E-state index contributed by atoms with van der Waals surface area (Å²) in [5.74, 6) is 0.164. The van der Waals surface area contributed by atoms with Crippen molar-refractivity contribution in [2.45, 2.75) is 45.7 Å². The summed E-state index contributed by atoms with van der Waals surface area (Å²) < 4.78 is 0. The normalized spacial score (nSPS) is 21.9. The summed E-state index contributed by atoms with van der Waals surface area (Å²) in [5, 5.41) is 9.07. The average Bonchev–Trinajstić information content (AvgIpc) is 2.25. The molecule has 4 heteroatoms. The molecule has 0 aromatic heterocycles. The highest BCUT2D eigenvalue weighted by Crippen LogP contribution is 2.17. The van der Waals surface area contributed by atoms with Crippen molar-refractivity contribution in [2.24, 2.45) is 0 Å². The molecular weight excluding hydrogens is 204 g/mol. The van der Waals surface area contributed by atoms with Gasteiger partial charge in [-0.05, 0) is 26.7 Å². The fourth-order valence-electron chi connectivity index (χ4n) is 2.49. The zero-order chi connectivity index (χ0) is 12.1. The van der Waals surface area contributed by atoms with Gasteiger partial charge in [0.25, 0.3) is 0 Å². The molecule has 1 fully saturated rings. The molecule has 0 bridgehead atoms. The predicted molar refractivity (Wildman–Crippen MR) is 64.2 cm³/mol. The van der Waals surface area contributed by atoms with Gasteiger partial charge in [0.15, 0.2) is 0 Å². The first-order chi connectivity index (χ1) is 7.56. The van der Waals surface area contributed by atoms with Gasteiger partial charge < -0.3 is 10.0 Å². The minimum atomic E-state index is 0.164. The maximum Gasteiger partial charge on any atom is 0.219 e. The van der Waals surface area contributed by atoms with Crippen LogP contribution < -0.4 is 0 Å². The van der Waals surface area contributed by atoms with Gasteiger partial charge in [-0.25, -0.2) is 0 Å². The van der Waals surface area contributed by atoms with Crippen molar-refractivity contribution < 1.29 is 9.90 Å². The Labute approximate surface area is 98.2 Å². The van der Waals surface area contributed by atoms with E-state index in [0.717, 1.165) is 25.9 Å². The minimum Gasteiger partial charge on any atom is -0.395 e. The second-order valence-electron chi connectivity index (χ2n) is 4.82. The lowest BCUT2D eigenvalue weighted by Crippen LogP contribution is -2.52. The van der Waals surface area contributed by atoms with Gasteiger partial charge in [0, 0.05) is 38.6 Å². The predicted octanol–water partition coefficient (Wildman–Crippen LogP) is 0.700. The van der Waals surface area contributed by atoms with Crippen LogP contribution in [0.5, 0.6) is 0 Å². The first kappa shape index (κ1) is 13.5. The van der Waals surface area contributed by atoms with Gasteiger partial charge in [0.1, 0.15) is 0 Å². The van der Waals surface area contributed by atoms with E-state index in [2.05, 4.69) is 18.7 Å². The topological polar surface area (TPSA) is 43.8 Å². The number of carbonyl (C=O) groups excluding carboxylic acids is 1. The van der Waals surface area contributed by atoms with Crippen LogP contribution in [-0.2, 0) is 4.79 Å². The van der Waals surface area contributed by atoms with E-state index in [9.17, 15) is 4.79 Å². The number of carbonyl (C=O) groups is 1. The summed E-state index contributed by atoms with van der Waals surface area (Å²) >= 11 is 0. The van der Waals surface area contributed by atoms with Crippen molar-refractivity contribution in [3.63, 3.8) is 0 Å². The Morgan fingerprint density at radius 3 is 2.75 bits per heavy atom. The molecule has 0 aromatic carbocycles. The molecular formula is C12H24N2O2. The number of piperidine rings is 1. The van der Waals surface area contributed by atoms with Crippen LogP contribution in [0.1, 0.15) is 33.6 Å². The van der Waals surface area contributed by atoms with E-state index in [1.807, 2.05) is 4.90 Å². The lowest BCUT2D eigenvalue weighted by atomic mass is 10.0. The Bertz CT molecular complexity index is 231. The van der Waals surface area contributed by atoms with Crippen LogP contribution in [0.15, 0.2) is 0 Å². The average molecular weight is 228 g/mol. The molecule has 94 valence electrons.